The molecule has 3 aromatic rings. The number of rotatable bonds is 3. The van der Waals surface area contributed by atoms with Crippen molar-refractivity contribution < 1.29 is 22.4 Å². The third-order valence-corrected chi connectivity index (χ3v) is 6.16. The first-order valence-electron chi connectivity index (χ1n) is 10.2. The highest BCUT2D eigenvalue weighted by molar-refractivity contribution is 5.76. The van der Waals surface area contributed by atoms with E-state index in [9.17, 15) is 22.4 Å². The fraction of sp³-hybridized carbons (Fsp3) is 0.333. The van der Waals surface area contributed by atoms with Gasteiger partial charge >= 0.3 is 12.2 Å². The first-order valence-corrected chi connectivity index (χ1v) is 10.2. The van der Waals surface area contributed by atoms with Gasteiger partial charge in [0.05, 0.1) is 23.5 Å². The van der Waals surface area contributed by atoms with Gasteiger partial charge in [-0.1, -0.05) is 0 Å². The fourth-order valence-electron chi connectivity index (χ4n) is 4.41. The van der Waals surface area contributed by atoms with Crippen molar-refractivity contribution in [3.05, 3.63) is 59.4 Å². The summed E-state index contributed by atoms with van der Waals surface area (Å²) in [6, 6.07) is 5.12. The Bertz CT molecular complexity index is 1230. The number of urea groups is 1. The molecule has 3 aromatic heterocycles. The highest BCUT2D eigenvalue weighted by Gasteiger charge is 2.51. The number of carbonyl (C=O) groups is 1. The Hall–Kier alpha value is -3.70. The minimum Gasteiger partial charge on any atom is -0.383 e. The van der Waals surface area contributed by atoms with E-state index in [2.05, 4.69) is 20.4 Å². The topological polar surface area (TPSA) is 102 Å². The molecule has 2 amide bonds. The quantitative estimate of drug-likeness (QED) is 0.584. The number of anilines is 1. The molecule has 0 bridgehead atoms. The van der Waals surface area contributed by atoms with Gasteiger partial charge in [-0.05, 0) is 30.7 Å². The standard InChI is InChI=1S/C21H19F4N7O/c22-14-2-1-4-27-16(14)9-29-19(33)31-10-20(11-31)3-5-32-17(20)7-15(30-32)12-6-13(21(23,24)25)18(26)28-8-12/h1-2,4,6-8H,3,5,9-11H2,(H2,26,28)(H,29,33). The number of carbonyl (C=O) groups excluding carboxylic acids is 1. The highest BCUT2D eigenvalue weighted by atomic mass is 19.4. The molecular weight excluding hydrogens is 442 g/mol. The molecule has 0 unspecified atom stereocenters. The number of hydrogen-bond acceptors (Lipinski definition) is 5. The summed E-state index contributed by atoms with van der Waals surface area (Å²) in [5.74, 6) is -1.07. The van der Waals surface area contributed by atoms with E-state index in [0.29, 0.717) is 25.3 Å². The van der Waals surface area contributed by atoms with Crippen LogP contribution in [0.1, 0.15) is 23.4 Å². The van der Waals surface area contributed by atoms with Gasteiger partial charge in [-0.2, -0.15) is 18.3 Å². The van der Waals surface area contributed by atoms with Crippen LogP contribution in [0.15, 0.2) is 36.7 Å². The van der Waals surface area contributed by atoms with Crippen LogP contribution < -0.4 is 11.1 Å². The number of nitrogens with two attached hydrogens (primary N) is 1. The van der Waals surface area contributed by atoms with Gasteiger partial charge in [0.2, 0.25) is 0 Å². The van der Waals surface area contributed by atoms with E-state index < -0.39 is 23.4 Å². The second-order valence-corrected chi connectivity index (χ2v) is 8.27. The molecule has 3 N–H and O–H groups in total. The predicted molar refractivity (Wildman–Crippen MR) is 109 cm³/mol. The number of aryl methyl sites for hydroxylation is 1. The number of halogens is 4. The number of nitrogens with one attached hydrogen (secondary N) is 1. The van der Waals surface area contributed by atoms with Crippen molar-refractivity contribution >= 4 is 11.8 Å². The molecule has 5 rings (SSSR count). The SMILES string of the molecule is Nc1ncc(-c2cc3n(n2)CCC32CN(C(=O)NCc3ncccc3F)C2)cc1C(F)(F)F. The second-order valence-electron chi connectivity index (χ2n) is 8.27. The number of alkyl halides is 3. The van der Waals surface area contributed by atoms with Crippen LogP contribution in [0, 0.1) is 5.82 Å². The van der Waals surface area contributed by atoms with Crippen molar-refractivity contribution in [1.82, 2.24) is 30.0 Å². The van der Waals surface area contributed by atoms with Gasteiger partial charge in [0.25, 0.3) is 0 Å². The lowest BCUT2D eigenvalue weighted by Crippen LogP contribution is -2.62. The molecule has 8 nitrogen and oxygen atoms in total. The lowest BCUT2D eigenvalue weighted by molar-refractivity contribution is -0.137. The van der Waals surface area contributed by atoms with Crippen LogP contribution in [-0.2, 0) is 24.7 Å². The van der Waals surface area contributed by atoms with Crippen LogP contribution in [0.5, 0.6) is 0 Å². The van der Waals surface area contributed by atoms with Crippen molar-refractivity contribution in [1.29, 1.82) is 0 Å². The van der Waals surface area contributed by atoms with E-state index in [1.807, 2.05) is 0 Å². The Balaban J connectivity index is 1.29. The van der Waals surface area contributed by atoms with E-state index in [4.69, 9.17) is 5.73 Å². The maximum atomic E-state index is 13.7. The number of hydrogen-bond donors (Lipinski definition) is 2. The molecule has 0 saturated carbocycles. The van der Waals surface area contributed by atoms with Crippen molar-refractivity contribution in [2.24, 2.45) is 0 Å². The number of aromatic nitrogens is 4. The molecule has 0 atom stereocenters. The van der Waals surface area contributed by atoms with Gasteiger partial charge in [0.1, 0.15) is 11.6 Å². The van der Waals surface area contributed by atoms with Crippen LogP contribution in [0.4, 0.5) is 28.2 Å². The van der Waals surface area contributed by atoms with Gasteiger partial charge in [0.15, 0.2) is 0 Å². The maximum absolute atomic E-state index is 13.7. The van der Waals surface area contributed by atoms with E-state index >= 15 is 0 Å². The largest absolute Gasteiger partial charge is 0.419 e. The lowest BCUT2D eigenvalue weighted by atomic mass is 9.76. The van der Waals surface area contributed by atoms with E-state index in [1.165, 1.54) is 24.5 Å². The second kappa shape index (κ2) is 7.42. The van der Waals surface area contributed by atoms with Crippen molar-refractivity contribution in [3.63, 3.8) is 0 Å². The summed E-state index contributed by atoms with van der Waals surface area (Å²) in [7, 11) is 0. The molecule has 2 aliphatic heterocycles. The van der Waals surface area contributed by atoms with Gasteiger partial charge in [-0.25, -0.2) is 14.2 Å². The molecule has 33 heavy (non-hydrogen) atoms. The summed E-state index contributed by atoms with van der Waals surface area (Å²) < 4.78 is 55.0. The Morgan fingerprint density at radius 3 is 2.76 bits per heavy atom. The maximum Gasteiger partial charge on any atom is 0.419 e. The number of likely N-dealkylation sites (tertiary alicyclic amines) is 1. The van der Waals surface area contributed by atoms with Gasteiger partial charge in [0, 0.05) is 48.7 Å². The van der Waals surface area contributed by atoms with Crippen LogP contribution in [0.3, 0.4) is 0 Å². The molecule has 1 fully saturated rings. The van der Waals surface area contributed by atoms with Crippen molar-refractivity contribution in [2.75, 3.05) is 18.8 Å². The average molecular weight is 461 g/mol. The molecule has 0 aromatic carbocycles. The minimum atomic E-state index is -4.61. The third-order valence-electron chi connectivity index (χ3n) is 6.16. The van der Waals surface area contributed by atoms with Crippen LogP contribution in [0.2, 0.25) is 0 Å². The third kappa shape index (κ3) is 3.64. The van der Waals surface area contributed by atoms with Crippen molar-refractivity contribution in [3.8, 4) is 11.3 Å². The molecule has 0 radical (unpaired) electrons. The van der Waals surface area contributed by atoms with Gasteiger partial charge < -0.3 is 16.0 Å². The summed E-state index contributed by atoms with van der Waals surface area (Å²) in [5.41, 5.74) is 5.68. The Labute approximate surface area is 185 Å². The average Bonchev–Trinajstić information content (AvgIpc) is 3.31. The monoisotopic (exact) mass is 461 g/mol. The molecule has 2 aliphatic rings. The Morgan fingerprint density at radius 1 is 1.24 bits per heavy atom. The van der Waals surface area contributed by atoms with Crippen LogP contribution >= 0.6 is 0 Å². The number of fused-ring (bicyclic) bond motifs is 2. The Morgan fingerprint density at radius 2 is 2.03 bits per heavy atom. The highest BCUT2D eigenvalue weighted by Crippen LogP contribution is 2.44. The zero-order valence-electron chi connectivity index (χ0n) is 17.2. The minimum absolute atomic E-state index is 0.0250. The summed E-state index contributed by atoms with van der Waals surface area (Å²) in [6.45, 7) is 1.44. The smallest absolute Gasteiger partial charge is 0.383 e. The van der Waals surface area contributed by atoms with Gasteiger partial charge in [-0.3, -0.25) is 9.67 Å². The molecule has 0 aliphatic carbocycles. The first-order chi connectivity index (χ1) is 15.7. The predicted octanol–water partition coefficient (Wildman–Crippen LogP) is 2.95. The molecule has 12 heteroatoms. The fourth-order valence-corrected chi connectivity index (χ4v) is 4.41. The molecule has 1 spiro atoms. The van der Waals surface area contributed by atoms with E-state index in [0.717, 1.165) is 18.2 Å². The van der Waals surface area contributed by atoms with E-state index in [1.54, 1.807) is 15.6 Å². The summed E-state index contributed by atoms with van der Waals surface area (Å²) >= 11 is 0. The first kappa shape index (κ1) is 21.2. The van der Waals surface area contributed by atoms with E-state index in [-0.39, 0.29) is 29.2 Å². The van der Waals surface area contributed by atoms with Crippen LogP contribution in [-0.4, -0.2) is 43.8 Å². The summed E-state index contributed by atoms with van der Waals surface area (Å²) in [5, 5.41) is 7.11. The summed E-state index contributed by atoms with van der Waals surface area (Å²) in [4.78, 5) is 21.7. The molecular formula is C21H19F4N7O. The number of pyridine rings is 2. The lowest BCUT2D eigenvalue weighted by Gasteiger charge is -2.47. The number of amides is 2. The zero-order chi connectivity index (χ0) is 23.4. The number of nitrogens with zero attached hydrogens (tertiary/aromatic N) is 5. The van der Waals surface area contributed by atoms with Crippen LogP contribution in [0.25, 0.3) is 11.3 Å². The van der Waals surface area contributed by atoms with Gasteiger partial charge in [-0.15, -0.1) is 0 Å². The molecule has 1 saturated heterocycles. The van der Waals surface area contributed by atoms with Crippen molar-refractivity contribution in [2.45, 2.75) is 31.1 Å². The molecule has 172 valence electrons. The summed E-state index contributed by atoms with van der Waals surface area (Å²) in [6.07, 6.45) is -1.12. The molecule has 5 heterocycles. The normalized spacial score (nSPS) is 16.5. The zero-order valence-corrected chi connectivity index (χ0v) is 17.2. The number of nitrogen functional groups attached to an aromatic ring is 1. The Kier molecular flexibility index (Phi) is 4.76.